The molecule has 192 valence electrons. The number of piperazine rings is 1. The second kappa shape index (κ2) is 9.89. The van der Waals surface area contributed by atoms with E-state index in [9.17, 15) is 14.0 Å². The number of aromatic nitrogens is 1. The van der Waals surface area contributed by atoms with Crippen LogP contribution in [0.4, 0.5) is 4.39 Å². The van der Waals surface area contributed by atoms with Crippen LogP contribution in [-0.4, -0.2) is 66.0 Å². The second-order valence-electron chi connectivity index (χ2n) is 9.01. The summed E-state index contributed by atoms with van der Waals surface area (Å²) in [4.78, 5) is 34.3. The highest BCUT2D eigenvalue weighted by Gasteiger charge is 2.54. The topological polar surface area (TPSA) is 81.2 Å². The number of methoxy groups -OCH3 is 2. The Kier molecular flexibility index (Phi) is 6.64. The van der Waals surface area contributed by atoms with Crippen LogP contribution in [0.5, 0.6) is 23.1 Å². The molecule has 0 unspecified atom stereocenters. The molecule has 8 nitrogen and oxygen atoms in total. The van der Waals surface area contributed by atoms with Gasteiger partial charge in [0.2, 0.25) is 5.88 Å². The molecule has 2 aromatic carbocycles. The van der Waals surface area contributed by atoms with Crippen molar-refractivity contribution >= 4 is 23.4 Å². The third-order valence-corrected chi connectivity index (χ3v) is 6.97. The van der Waals surface area contributed by atoms with Crippen LogP contribution in [-0.2, 0) is 0 Å². The predicted molar refractivity (Wildman–Crippen MR) is 134 cm³/mol. The van der Waals surface area contributed by atoms with Gasteiger partial charge in [-0.3, -0.25) is 9.59 Å². The van der Waals surface area contributed by atoms with Crippen LogP contribution in [0.25, 0.3) is 0 Å². The van der Waals surface area contributed by atoms with Gasteiger partial charge in [0.05, 0.1) is 24.8 Å². The number of hydrogen-bond acceptors (Lipinski definition) is 6. The van der Waals surface area contributed by atoms with Crippen LogP contribution in [0.3, 0.4) is 0 Å². The quantitative estimate of drug-likeness (QED) is 0.459. The van der Waals surface area contributed by atoms with Crippen LogP contribution < -0.4 is 14.2 Å². The molecule has 0 N–H and O–H groups in total. The molecule has 2 fully saturated rings. The van der Waals surface area contributed by atoms with Crippen molar-refractivity contribution in [3.05, 3.63) is 76.7 Å². The Morgan fingerprint density at radius 1 is 0.973 bits per heavy atom. The number of benzene rings is 2. The van der Waals surface area contributed by atoms with Crippen molar-refractivity contribution in [2.75, 3.05) is 33.9 Å². The standard InChI is InChI=1S/C27H25ClFN3O5/c1-35-21-9-8-20(29)23(24(21)36-2)26(34)31-13-14-32(27(16-31)11-12-27)25(33)17-3-6-19(7-4-17)37-22-10-5-18(28)15-30-22/h3-10,15H,11-14,16H2,1-2H3. The summed E-state index contributed by atoms with van der Waals surface area (Å²) in [6.07, 6.45) is 3.03. The molecule has 1 aliphatic heterocycles. The number of amides is 2. The molecule has 2 amide bonds. The van der Waals surface area contributed by atoms with E-state index in [4.69, 9.17) is 25.8 Å². The maximum Gasteiger partial charge on any atom is 0.260 e. The Morgan fingerprint density at radius 3 is 2.35 bits per heavy atom. The number of rotatable bonds is 6. The van der Waals surface area contributed by atoms with E-state index in [0.29, 0.717) is 35.3 Å². The molecule has 10 heteroatoms. The van der Waals surface area contributed by atoms with E-state index in [1.54, 1.807) is 41.3 Å². The highest BCUT2D eigenvalue weighted by Crippen LogP contribution is 2.46. The van der Waals surface area contributed by atoms with Crippen molar-refractivity contribution < 1.29 is 28.2 Å². The summed E-state index contributed by atoms with van der Waals surface area (Å²) >= 11 is 5.85. The van der Waals surface area contributed by atoms with E-state index in [1.807, 2.05) is 4.90 Å². The summed E-state index contributed by atoms with van der Waals surface area (Å²) in [7, 11) is 2.80. The molecular formula is C27H25ClFN3O5. The first-order valence-electron chi connectivity index (χ1n) is 11.8. The van der Waals surface area contributed by atoms with Gasteiger partial charge < -0.3 is 24.0 Å². The van der Waals surface area contributed by atoms with Crippen molar-refractivity contribution in [1.29, 1.82) is 0 Å². The van der Waals surface area contributed by atoms with Gasteiger partial charge >= 0.3 is 0 Å². The monoisotopic (exact) mass is 525 g/mol. The van der Waals surface area contributed by atoms with Gasteiger partial charge in [-0.1, -0.05) is 11.6 Å². The van der Waals surface area contributed by atoms with E-state index in [0.717, 1.165) is 12.8 Å². The Morgan fingerprint density at radius 2 is 1.73 bits per heavy atom. The molecule has 1 aromatic heterocycles. The lowest BCUT2D eigenvalue weighted by atomic mass is 10.0. The van der Waals surface area contributed by atoms with Gasteiger partial charge in [0.1, 0.15) is 17.1 Å². The summed E-state index contributed by atoms with van der Waals surface area (Å²) in [6.45, 7) is 0.932. The Hall–Kier alpha value is -3.85. The first-order chi connectivity index (χ1) is 17.8. The van der Waals surface area contributed by atoms with Crippen molar-refractivity contribution in [2.45, 2.75) is 18.4 Å². The zero-order chi connectivity index (χ0) is 26.2. The van der Waals surface area contributed by atoms with Crippen molar-refractivity contribution in [3.8, 4) is 23.1 Å². The number of ether oxygens (including phenoxy) is 3. The van der Waals surface area contributed by atoms with Gasteiger partial charge in [0, 0.05) is 37.5 Å². The normalized spacial score (nSPS) is 15.9. The Balaban J connectivity index is 1.29. The molecule has 1 saturated carbocycles. The van der Waals surface area contributed by atoms with E-state index in [2.05, 4.69) is 4.98 Å². The molecule has 37 heavy (non-hydrogen) atoms. The minimum atomic E-state index is -0.679. The van der Waals surface area contributed by atoms with E-state index in [-0.39, 0.29) is 29.5 Å². The maximum atomic E-state index is 14.7. The van der Waals surface area contributed by atoms with Gasteiger partial charge in [-0.2, -0.15) is 0 Å². The molecule has 0 radical (unpaired) electrons. The molecule has 2 heterocycles. The fourth-order valence-corrected chi connectivity index (χ4v) is 4.78. The number of hydrogen-bond donors (Lipinski definition) is 0. The zero-order valence-electron chi connectivity index (χ0n) is 20.4. The van der Waals surface area contributed by atoms with Gasteiger partial charge in [0.25, 0.3) is 11.8 Å². The number of pyridine rings is 1. The number of carbonyl (C=O) groups is 2. The van der Waals surface area contributed by atoms with Crippen LogP contribution in [0.15, 0.2) is 54.7 Å². The van der Waals surface area contributed by atoms with Crippen molar-refractivity contribution in [1.82, 2.24) is 14.8 Å². The maximum absolute atomic E-state index is 14.7. The minimum absolute atomic E-state index is 0.0620. The molecule has 3 aromatic rings. The largest absolute Gasteiger partial charge is 0.493 e. The Labute approximate surface area is 218 Å². The van der Waals surface area contributed by atoms with Crippen LogP contribution in [0.1, 0.15) is 33.6 Å². The van der Waals surface area contributed by atoms with Gasteiger partial charge in [0.15, 0.2) is 11.5 Å². The second-order valence-corrected chi connectivity index (χ2v) is 9.44. The lowest BCUT2D eigenvalue weighted by Crippen LogP contribution is -2.58. The average molecular weight is 526 g/mol. The fraction of sp³-hybridized carbons (Fsp3) is 0.296. The molecule has 0 bridgehead atoms. The van der Waals surface area contributed by atoms with E-state index in [1.165, 1.54) is 32.5 Å². The SMILES string of the molecule is COc1ccc(F)c(C(=O)N2CCN(C(=O)c3ccc(Oc4ccc(Cl)cn4)cc3)C3(CC3)C2)c1OC. The summed E-state index contributed by atoms with van der Waals surface area (Å²) in [6, 6.07) is 12.8. The van der Waals surface area contributed by atoms with Crippen molar-refractivity contribution in [3.63, 3.8) is 0 Å². The summed E-state index contributed by atoms with van der Waals surface area (Å²) in [5.74, 6) is -0.00660. The van der Waals surface area contributed by atoms with Gasteiger partial charge in [-0.05, 0) is 55.3 Å². The lowest BCUT2D eigenvalue weighted by molar-refractivity contribution is 0.0329. The highest BCUT2D eigenvalue weighted by atomic mass is 35.5. The molecule has 1 spiro atoms. The van der Waals surface area contributed by atoms with Gasteiger partial charge in [-0.25, -0.2) is 9.37 Å². The van der Waals surface area contributed by atoms with Crippen LogP contribution in [0, 0.1) is 5.82 Å². The first-order valence-corrected chi connectivity index (χ1v) is 12.1. The summed E-state index contributed by atoms with van der Waals surface area (Å²) in [5, 5.41) is 0.511. The fourth-order valence-electron chi connectivity index (χ4n) is 4.67. The highest BCUT2D eigenvalue weighted by molar-refractivity contribution is 6.30. The summed E-state index contributed by atoms with van der Waals surface area (Å²) in [5.41, 5.74) is -0.109. The van der Waals surface area contributed by atoms with Gasteiger partial charge in [-0.15, -0.1) is 0 Å². The number of carbonyl (C=O) groups excluding carboxylic acids is 2. The molecule has 1 aliphatic carbocycles. The molecule has 2 aliphatic rings. The van der Waals surface area contributed by atoms with Crippen LogP contribution in [0.2, 0.25) is 5.02 Å². The predicted octanol–water partition coefficient (Wildman–Crippen LogP) is 4.81. The molecule has 1 saturated heterocycles. The lowest BCUT2D eigenvalue weighted by Gasteiger charge is -2.42. The van der Waals surface area contributed by atoms with E-state index >= 15 is 0 Å². The average Bonchev–Trinajstić information content (AvgIpc) is 3.68. The Bertz CT molecular complexity index is 1330. The summed E-state index contributed by atoms with van der Waals surface area (Å²) < 4.78 is 31.0. The first kappa shape index (κ1) is 24.8. The zero-order valence-corrected chi connectivity index (χ0v) is 21.1. The molecular weight excluding hydrogens is 501 g/mol. The third kappa shape index (κ3) is 4.79. The molecule has 0 atom stereocenters. The number of halogens is 2. The van der Waals surface area contributed by atoms with Crippen LogP contribution >= 0.6 is 11.6 Å². The number of nitrogens with zero attached hydrogens (tertiary/aromatic N) is 3. The van der Waals surface area contributed by atoms with E-state index < -0.39 is 17.3 Å². The smallest absolute Gasteiger partial charge is 0.260 e. The van der Waals surface area contributed by atoms with Crippen molar-refractivity contribution in [2.24, 2.45) is 0 Å². The third-order valence-electron chi connectivity index (χ3n) is 6.74. The molecule has 5 rings (SSSR count). The minimum Gasteiger partial charge on any atom is -0.493 e.